The van der Waals surface area contributed by atoms with E-state index in [1.54, 1.807) is 0 Å². The van der Waals surface area contributed by atoms with Crippen molar-refractivity contribution >= 4 is 0 Å². The number of ether oxygens (including phenoxy) is 2. The van der Waals surface area contributed by atoms with Gasteiger partial charge in [-0.2, -0.15) is 0 Å². The third-order valence-electron chi connectivity index (χ3n) is 2.82. The molecule has 108 valence electrons. The highest BCUT2D eigenvalue weighted by molar-refractivity contribution is 5.29. The van der Waals surface area contributed by atoms with Gasteiger partial charge < -0.3 is 15.2 Å². The third kappa shape index (κ3) is 6.60. The van der Waals surface area contributed by atoms with Gasteiger partial charge >= 0.3 is 0 Å². The molecule has 1 aromatic carbocycles. The first-order valence-electron chi connectivity index (χ1n) is 7.09. The average molecular weight is 265 g/mol. The Kier molecular flexibility index (Phi) is 6.89. The fraction of sp³-hybridized carbons (Fsp3) is 0.625. The number of nitrogens with two attached hydrogens (primary N) is 1. The van der Waals surface area contributed by atoms with Gasteiger partial charge in [0.15, 0.2) is 0 Å². The normalized spacial score (nSPS) is 13.0. The van der Waals surface area contributed by atoms with Crippen molar-refractivity contribution in [3.63, 3.8) is 0 Å². The maximum Gasteiger partial charge on any atom is 0.119 e. The van der Waals surface area contributed by atoms with E-state index in [0.717, 1.165) is 24.3 Å². The first kappa shape index (κ1) is 16.0. The first-order valence-corrected chi connectivity index (χ1v) is 7.09. The highest BCUT2D eigenvalue weighted by atomic mass is 16.5. The van der Waals surface area contributed by atoms with Crippen molar-refractivity contribution < 1.29 is 9.47 Å². The second-order valence-corrected chi connectivity index (χ2v) is 5.60. The molecule has 0 aromatic heterocycles. The fourth-order valence-corrected chi connectivity index (χ4v) is 1.69. The first-order chi connectivity index (χ1) is 8.99. The van der Waals surface area contributed by atoms with Crippen molar-refractivity contribution in [2.24, 2.45) is 11.7 Å². The van der Waals surface area contributed by atoms with Crippen LogP contribution in [-0.2, 0) is 4.74 Å². The Morgan fingerprint density at radius 1 is 1.05 bits per heavy atom. The summed E-state index contributed by atoms with van der Waals surface area (Å²) in [7, 11) is 0. The summed E-state index contributed by atoms with van der Waals surface area (Å²) in [6, 6.07) is 7.87. The van der Waals surface area contributed by atoms with Gasteiger partial charge in [-0.15, -0.1) is 0 Å². The van der Waals surface area contributed by atoms with E-state index in [4.69, 9.17) is 15.2 Å². The topological polar surface area (TPSA) is 44.5 Å². The molecule has 0 aliphatic rings. The third-order valence-corrected chi connectivity index (χ3v) is 2.82. The van der Waals surface area contributed by atoms with Crippen LogP contribution in [0.4, 0.5) is 0 Å². The molecule has 1 atom stereocenters. The van der Waals surface area contributed by atoms with Crippen LogP contribution in [-0.4, -0.2) is 19.3 Å². The van der Waals surface area contributed by atoms with Gasteiger partial charge in [0.25, 0.3) is 0 Å². The predicted molar refractivity (Wildman–Crippen MR) is 79.4 cm³/mol. The summed E-state index contributed by atoms with van der Waals surface area (Å²) in [6.07, 6.45) is 1.27. The van der Waals surface area contributed by atoms with Crippen molar-refractivity contribution in [2.45, 2.75) is 46.3 Å². The molecule has 1 aromatic rings. The zero-order valence-corrected chi connectivity index (χ0v) is 12.6. The molecule has 1 unspecified atom stereocenters. The van der Waals surface area contributed by atoms with E-state index in [0.29, 0.717) is 12.5 Å². The molecule has 0 fully saturated rings. The number of hydrogen-bond acceptors (Lipinski definition) is 3. The fourth-order valence-electron chi connectivity index (χ4n) is 1.69. The molecule has 2 N–H and O–H groups in total. The van der Waals surface area contributed by atoms with Crippen LogP contribution in [0.25, 0.3) is 0 Å². The van der Waals surface area contributed by atoms with Gasteiger partial charge in [-0.05, 0) is 43.9 Å². The van der Waals surface area contributed by atoms with Crippen LogP contribution in [0.3, 0.4) is 0 Å². The van der Waals surface area contributed by atoms with Crippen molar-refractivity contribution in [3.8, 4) is 5.75 Å². The summed E-state index contributed by atoms with van der Waals surface area (Å²) < 4.78 is 11.2. The van der Waals surface area contributed by atoms with Crippen LogP contribution in [0.15, 0.2) is 24.3 Å². The minimum Gasteiger partial charge on any atom is -0.491 e. The maximum atomic E-state index is 6.10. The lowest BCUT2D eigenvalue weighted by Gasteiger charge is -2.15. The van der Waals surface area contributed by atoms with E-state index in [1.165, 1.54) is 0 Å². The molecule has 0 saturated carbocycles. The zero-order chi connectivity index (χ0) is 14.3. The summed E-state index contributed by atoms with van der Waals surface area (Å²) in [4.78, 5) is 0. The Morgan fingerprint density at radius 3 is 2.21 bits per heavy atom. The minimum absolute atomic E-state index is 0.0692. The van der Waals surface area contributed by atoms with E-state index in [1.807, 2.05) is 38.1 Å². The van der Waals surface area contributed by atoms with Crippen molar-refractivity contribution in [1.82, 2.24) is 0 Å². The maximum absolute atomic E-state index is 6.10. The van der Waals surface area contributed by atoms with Gasteiger partial charge in [-0.3, -0.25) is 0 Å². The largest absolute Gasteiger partial charge is 0.491 e. The van der Waals surface area contributed by atoms with Gasteiger partial charge in [0, 0.05) is 6.61 Å². The number of hydrogen-bond donors (Lipinski definition) is 1. The highest BCUT2D eigenvalue weighted by Crippen LogP contribution is 2.17. The van der Waals surface area contributed by atoms with Gasteiger partial charge in [0.1, 0.15) is 5.75 Å². The van der Waals surface area contributed by atoms with Crippen LogP contribution in [0, 0.1) is 5.92 Å². The highest BCUT2D eigenvalue weighted by Gasteiger charge is 2.07. The average Bonchev–Trinajstić information content (AvgIpc) is 2.34. The van der Waals surface area contributed by atoms with E-state index >= 15 is 0 Å². The van der Waals surface area contributed by atoms with E-state index < -0.39 is 0 Å². The van der Waals surface area contributed by atoms with Crippen LogP contribution in [0.2, 0.25) is 0 Å². The van der Waals surface area contributed by atoms with Gasteiger partial charge in [0.2, 0.25) is 0 Å². The SMILES string of the molecule is CC(C)CCOCC(N)c1ccc(OC(C)C)cc1. The van der Waals surface area contributed by atoms with Crippen molar-refractivity contribution in [1.29, 1.82) is 0 Å². The Bertz CT molecular complexity index is 346. The van der Waals surface area contributed by atoms with Gasteiger partial charge in [0.05, 0.1) is 18.8 Å². The summed E-state index contributed by atoms with van der Waals surface area (Å²) in [5.74, 6) is 1.55. The molecule has 0 bridgehead atoms. The molecule has 0 aliphatic heterocycles. The predicted octanol–water partition coefficient (Wildman–Crippen LogP) is 3.54. The molecule has 19 heavy (non-hydrogen) atoms. The van der Waals surface area contributed by atoms with Gasteiger partial charge in [-0.1, -0.05) is 26.0 Å². The lowest BCUT2D eigenvalue weighted by molar-refractivity contribution is 0.111. The summed E-state index contributed by atoms with van der Waals surface area (Å²) in [5.41, 5.74) is 7.18. The Hall–Kier alpha value is -1.06. The molecule has 0 saturated heterocycles. The molecular formula is C16H27NO2. The Balaban J connectivity index is 2.37. The van der Waals surface area contributed by atoms with E-state index in [-0.39, 0.29) is 12.1 Å². The summed E-state index contributed by atoms with van der Waals surface area (Å²) in [5, 5.41) is 0. The van der Waals surface area contributed by atoms with Crippen molar-refractivity contribution in [2.75, 3.05) is 13.2 Å². The molecule has 0 amide bonds. The molecule has 1 rings (SSSR count). The lowest BCUT2D eigenvalue weighted by Crippen LogP contribution is -2.18. The standard InChI is InChI=1S/C16H27NO2/c1-12(2)9-10-18-11-16(17)14-5-7-15(8-6-14)19-13(3)4/h5-8,12-13,16H,9-11,17H2,1-4H3. The van der Waals surface area contributed by atoms with E-state index in [9.17, 15) is 0 Å². The Morgan fingerprint density at radius 2 is 1.68 bits per heavy atom. The van der Waals surface area contributed by atoms with E-state index in [2.05, 4.69) is 13.8 Å². The second kappa shape index (κ2) is 8.18. The van der Waals surface area contributed by atoms with Crippen LogP contribution in [0.5, 0.6) is 5.75 Å². The molecule has 3 heteroatoms. The lowest BCUT2D eigenvalue weighted by atomic mass is 10.1. The number of benzene rings is 1. The smallest absolute Gasteiger partial charge is 0.119 e. The molecular weight excluding hydrogens is 238 g/mol. The molecule has 0 aliphatic carbocycles. The molecule has 0 spiro atoms. The van der Waals surface area contributed by atoms with Crippen LogP contribution < -0.4 is 10.5 Å². The second-order valence-electron chi connectivity index (χ2n) is 5.60. The van der Waals surface area contributed by atoms with Gasteiger partial charge in [-0.25, -0.2) is 0 Å². The van der Waals surface area contributed by atoms with Crippen LogP contribution in [0.1, 0.15) is 45.7 Å². The minimum atomic E-state index is -0.0692. The monoisotopic (exact) mass is 265 g/mol. The number of rotatable bonds is 8. The van der Waals surface area contributed by atoms with Crippen molar-refractivity contribution in [3.05, 3.63) is 29.8 Å². The molecule has 3 nitrogen and oxygen atoms in total. The summed E-state index contributed by atoms with van der Waals surface area (Å²) in [6.45, 7) is 9.76. The molecule has 0 heterocycles. The van der Waals surface area contributed by atoms with Crippen LogP contribution >= 0.6 is 0 Å². The molecule has 0 radical (unpaired) electrons. The Labute approximate surface area is 117 Å². The quantitative estimate of drug-likeness (QED) is 0.731. The zero-order valence-electron chi connectivity index (χ0n) is 12.6. The summed E-state index contributed by atoms with van der Waals surface area (Å²) >= 11 is 0.